The Morgan fingerprint density at radius 1 is 1.04 bits per heavy atom. The third-order valence-electron chi connectivity index (χ3n) is 4.50. The maximum absolute atomic E-state index is 12.8. The summed E-state index contributed by atoms with van der Waals surface area (Å²) in [5.74, 6) is -0.353. The van der Waals surface area contributed by atoms with Gasteiger partial charge in [-0.2, -0.15) is 0 Å². The number of aryl methyl sites for hydroxylation is 1. The van der Waals surface area contributed by atoms with Crippen molar-refractivity contribution >= 4 is 28.5 Å². The van der Waals surface area contributed by atoms with Crippen molar-refractivity contribution in [2.45, 2.75) is 33.2 Å². The first-order valence-corrected chi connectivity index (χ1v) is 9.23. The summed E-state index contributed by atoms with van der Waals surface area (Å²) < 4.78 is 0. The van der Waals surface area contributed by atoms with Crippen molar-refractivity contribution in [2.75, 3.05) is 5.32 Å². The third kappa shape index (κ3) is 4.49. The Hall–Kier alpha value is -3.35. The highest BCUT2D eigenvalue weighted by Gasteiger charge is 2.23. The highest BCUT2D eigenvalue weighted by molar-refractivity contribution is 6.02. The molecule has 3 rings (SSSR count). The van der Waals surface area contributed by atoms with Crippen LogP contribution in [0.2, 0.25) is 0 Å². The van der Waals surface area contributed by atoms with Gasteiger partial charge in [-0.3, -0.25) is 9.59 Å². The Kier molecular flexibility index (Phi) is 5.63. The summed E-state index contributed by atoms with van der Waals surface area (Å²) in [5, 5.41) is 5.68. The molecule has 4 N–H and O–H groups in total. The predicted octanol–water partition coefficient (Wildman–Crippen LogP) is 2.95. The summed E-state index contributed by atoms with van der Waals surface area (Å²) in [7, 11) is 0. The van der Waals surface area contributed by atoms with Gasteiger partial charge in [0.1, 0.15) is 6.04 Å². The fourth-order valence-electron chi connectivity index (χ4n) is 3.11. The number of amides is 2. The van der Waals surface area contributed by atoms with Crippen LogP contribution in [0.15, 0.2) is 47.3 Å². The fourth-order valence-corrected chi connectivity index (χ4v) is 3.11. The van der Waals surface area contributed by atoms with Crippen molar-refractivity contribution in [3.8, 4) is 0 Å². The van der Waals surface area contributed by atoms with E-state index in [0.717, 1.165) is 5.56 Å². The zero-order valence-corrected chi connectivity index (χ0v) is 16.1. The molecule has 1 heterocycles. The SMILES string of the molecule is Cc1ccccc1C(=O)N[C@H](CC(C)C)C(=O)Nc1ccc2[nH]c(=O)[nH]c2c1. The lowest BCUT2D eigenvalue weighted by atomic mass is 10.0. The quantitative estimate of drug-likeness (QED) is 0.528. The summed E-state index contributed by atoms with van der Waals surface area (Å²) in [6.07, 6.45) is 0.507. The highest BCUT2D eigenvalue weighted by atomic mass is 16.2. The van der Waals surface area contributed by atoms with Crippen LogP contribution in [-0.4, -0.2) is 27.8 Å². The number of hydrogen-bond acceptors (Lipinski definition) is 3. The number of benzene rings is 2. The number of aromatic nitrogens is 2. The first kappa shape index (κ1) is 19.4. The largest absolute Gasteiger partial charge is 0.340 e. The molecule has 0 saturated heterocycles. The predicted molar refractivity (Wildman–Crippen MR) is 109 cm³/mol. The van der Waals surface area contributed by atoms with Crippen molar-refractivity contribution in [3.63, 3.8) is 0 Å². The van der Waals surface area contributed by atoms with E-state index >= 15 is 0 Å². The van der Waals surface area contributed by atoms with Crippen LogP contribution in [0, 0.1) is 12.8 Å². The van der Waals surface area contributed by atoms with E-state index in [1.54, 1.807) is 30.3 Å². The number of H-pyrrole nitrogens is 2. The molecule has 0 unspecified atom stereocenters. The first-order chi connectivity index (χ1) is 13.3. The van der Waals surface area contributed by atoms with Gasteiger partial charge in [-0.15, -0.1) is 0 Å². The minimum absolute atomic E-state index is 0.219. The van der Waals surface area contributed by atoms with Crippen LogP contribution in [0.5, 0.6) is 0 Å². The number of imidazole rings is 1. The number of anilines is 1. The lowest BCUT2D eigenvalue weighted by Gasteiger charge is -2.20. The van der Waals surface area contributed by atoms with E-state index in [4.69, 9.17) is 0 Å². The van der Waals surface area contributed by atoms with Gasteiger partial charge in [-0.25, -0.2) is 4.79 Å². The lowest BCUT2D eigenvalue weighted by Crippen LogP contribution is -2.44. The van der Waals surface area contributed by atoms with E-state index in [1.165, 1.54) is 0 Å². The Balaban J connectivity index is 1.77. The van der Waals surface area contributed by atoms with Gasteiger partial charge in [0.05, 0.1) is 11.0 Å². The molecule has 7 nitrogen and oxygen atoms in total. The summed E-state index contributed by atoms with van der Waals surface area (Å²) in [6, 6.07) is 11.7. The topological polar surface area (TPSA) is 107 Å². The van der Waals surface area contributed by atoms with Gasteiger partial charge in [0.25, 0.3) is 5.91 Å². The van der Waals surface area contributed by atoms with Crippen molar-refractivity contribution in [3.05, 3.63) is 64.1 Å². The molecule has 0 bridgehead atoms. The summed E-state index contributed by atoms with van der Waals surface area (Å²) in [4.78, 5) is 42.2. The minimum Gasteiger partial charge on any atom is -0.340 e. The minimum atomic E-state index is -0.673. The molecule has 0 saturated carbocycles. The molecule has 0 aliphatic carbocycles. The van der Waals surface area contributed by atoms with Crippen molar-refractivity contribution in [1.82, 2.24) is 15.3 Å². The second-order valence-electron chi connectivity index (χ2n) is 7.30. The molecule has 146 valence electrons. The summed E-state index contributed by atoms with van der Waals surface area (Å²) in [5.41, 5.74) is 2.91. The molecular formula is C21H24N4O3. The number of nitrogens with one attached hydrogen (secondary N) is 4. The molecule has 0 aliphatic rings. The molecule has 0 fully saturated rings. The number of rotatable bonds is 6. The first-order valence-electron chi connectivity index (χ1n) is 9.23. The lowest BCUT2D eigenvalue weighted by molar-refractivity contribution is -0.118. The number of carbonyl (C=O) groups is 2. The average molecular weight is 380 g/mol. The molecule has 0 spiro atoms. The van der Waals surface area contributed by atoms with E-state index in [-0.39, 0.29) is 23.4 Å². The van der Waals surface area contributed by atoms with Gasteiger partial charge >= 0.3 is 5.69 Å². The van der Waals surface area contributed by atoms with Crippen LogP contribution >= 0.6 is 0 Å². The van der Waals surface area contributed by atoms with Gasteiger partial charge < -0.3 is 20.6 Å². The van der Waals surface area contributed by atoms with Crippen molar-refractivity contribution < 1.29 is 9.59 Å². The van der Waals surface area contributed by atoms with Crippen LogP contribution in [0.3, 0.4) is 0 Å². The third-order valence-corrected chi connectivity index (χ3v) is 4.50. The normalized spacial score (nSPS) is 12.1. The van der Waals surface area contributed by atoms with E-state index in [9.17, 15) is 14.4 Å². The average Bonchev–Trinajstić information content (AvgIpc) is 3.00. The molecule has 0 aliphatic heterocycles. The fraction of sp³-hybridized carbons (Fsp3) is 0.286. The van der Waals surface area contributed by atoms with Crippen LogP contribution in [0.4, 0.5) is 5.69 Å². The van der Waals surface area contributed by atoms with E-state index in [0.29, 0.717) is 28.7 Å². The molecule has 2 amide bonds. The van der Waals surface area contributed by atoms with Crippen molar-refractivity contribution in [2.24, 2.45) is 5.92 Å². The maximum Gasteiger partial charge on any atom is 0.323 e. The second kappa shape index (κ2) is 8.12. The van der Waals surface area contributed by atoms with Crippen LogP contribution in [0.25, 0.3) is 11.0 Å². The highest BCUT2D eigenvalue weighted by Crippen LogP contribution is 2.16. The van der Waals surface area contributed by atoms with E-state index < -0.39 is 6.04 Å². The van der Waals surface area contributed by atoms with Crippen molar-refractivity contribution in [1.29, 1.82) is 0 Å². The van der Waals surface area contributed by atoms with Gasteiger partial charge in [-0.05, 0) is 49.1 Å². The molecule has 28 heavy (non-hydrogen) atoms. The number of hydrogen-bond donors (Lipinski definition) is 4. The van der Waals surface area contributed by atoms with Crippen LogP contribution < -0.4 is 16.3 Å². The second-order valence-corrected chi connectivity index (χ2v) is 7.30. The number of aromatic amines is 2. The zero-order chi connectivity index (χ0) is 20.3. The summed E-state index contributed by atoms with van der Waals surface area (Å²) in [6.45, 7) is 5.85. The smallest absolute Gasteiger partial charge is 0.323 e. The molecular weight excluding hydrogens is 356 g/mol. The molecule has 1 atom stereocenters. The Labute approximate surface area is 162 Å². The Morgan fingerprint density at radius 2 is 1.75 bits per heavy atom. The van der Waals surface area contributed by atoms with E-state index in [2.05, 4.69) is 20.6 Å². The monoisotopic (exact) mass is 380 g/mol. The Morgan fingerprint density at radius 3 is 2.46 bits per heavy atom. The molecule has 2 aromatic carbocycles. The Bertz CT molecular complexity index is 1060. The molecule has 0 radical (unpaired) electrons. The standard InChI is InChI=1S/C21H24N4O3/c1-12(2)10-18(23-19(26)15-7-5-4-6-13(15)3)20(27)22-14-8-9-16-17(11-14)25-21(28)24-16/h4-9,11-12,18H,10H2,1-3H3,(H,22,27)(H,23,26)(H2,24,25,28)/t18-/m1/s1. The summed E-state index contributed by atoms with van der Waals surface area (Å²) >= 11 is 0. The van der Waals surface area contributed by atoms with Crippen LogP contribution in [0.1, 0.15) is 36.2 Å². The number of fused-ring (bicyclic) bond motifs is 1. The molecule has 7 heteroatoms. The van der Waals surface area contributed by atoms with Gasteiger partial charge in [0.2, 0.25) is 5.91 Å². The van der Waals surface area contributed by atoms with Gasteiger partial charge in [0, 0.05) is 11.3 Å². The molecule has 1 aromatic heterocycles. The van der Waals surface area contributed by atoms with Gasteiger partial charge in [-0.1, -0.05) is 32.0 Å². The zero-order valence-electron chi connectivity index (χ0n) is 16.1. The van der Waals surface area contributed by atoms with Crippen LogP contribution in [-0.2, 0) is 4.79 Å². The van der Waals surface area contributed by atoms with Gasteiger partial charge in [0.15, 0.2) is 0 Å². The number of carbonyl (C=O) groups excluding carboxylic acids is 2. The maximum atomic E-state index is 12.8. The van der Waals surface area contributed by atoms with E-state index in [1.807, 2.05) is 32.9 Å². The molecule has 3 aromatic rings.